The van der Waals surface area contributed by atoms with E-state index in [0.29, 0.717) is 61.3 Å². The van der Waals surface area contributed by atoms with Gasteiger partial charge in [0.05, 0.1) is 53.2 Å². The number of unbranched alkanes of at least 4 members (excludes halogenated alkanes) is 2. The average molecular weight is 1710 g/mol. The molecule has 38 heteroatoms. The maximum atomic E-state index is 13.3. The topological polar surface area (TPSA) is 540 Å². The van der Waals surface area contributed by atoms with Crippen LogP contribution in [-0.4, -0.2) is 322 Å². The van der Waals surface area contributed by atoms with E-state index in [1.807, 2.05) is 12.2 Å². The number of aliphatic hydroxyl groups excluding tert-OH is 10. The molecular weight excluding hydrogens is 1590 g/mol. The highest BCUT2D eigenvalue weighted by molar-refractivity contribution is 5.85. The van der Waals surface area contributed by atoms with Gasteiger partial charge in [0, 0.05) is 51.4 Å². The number of hydrogen-bond acceptors (Lipinski definition) is 32. The monoisotopic (exact) mass is 1710 g/mol. The molecule has 4 aliphatic rings. The van der Waals surface area contributed by atoms with Crippen molar-refractivity contribution in [3.05, 3.63) is 143 Å². The molecule has 0 aromatic heterocycles. The summed E-state index contributed by atoms with van der Waals surface area (Å²) in [7, 11) is 3.71. The third-order valence-electron chi connectivity index (χ3n) is 19.5. The normalized spacial score (nSPS) is 27.5. The lowest BCUT2D eigenvalue weighted by atomic mass is 9.97. The Kier molecular flexibility index (Phi) is 48.1. The highest BCUT2D eigenvalue weighted by Crippen LogP contribution is 2.32. The molecule has 2 aromatic rings. The molecule has 0 saturated carbocycles. The number of ether oxygens (including phenoxy) is 15. The Morgan fingerprint density at radius 1 is 0.455 bits per heavy atom. The fraction of sp³-hybridized carbons (Fsp3) is 0.639. The van der Waals surface area contributed by atoms with Gasteiger partial charge in [-0.1, -0.05) is 116 Å². The van der Waals surface area contributed by atoms with Gasteiger partial charge in [-0.2, -0.15) is 0 Å². The van der Waals surface area contributed by atoms with Gasteiger partial charge in [-0.25, -0.2) is 9.59 Å². The maximum absolute atomic E-state index is 13.3. The van der Waals surface area contributed by atoms with E-state index in [1.165, 1.54) is 21.3 Å². The molecule has 38 nitrogen and oxygen atoms in total. The number of allylic oxidation sites excluding steroid dienone is 12. The van der Waals surface area contributed by atoms with Gasteiger partial charge in [-0.05, 0) is 106 Å². The summed E-state index contributed by atoms with van der Waals surface area (Å²) in [6.07, 6.45) is -0.935. The summed E-state index contributed by atoms with van der Waals surface area (Å²) in [6, 6.07) is 11.4. The second kappa shape index (κ2) is 57.3. The molecule has 0 spiro atoms. The van der Waals surface area contributed by atoms with Gasteiger partial charge in [-0.15, -0.1) is 0 Å². The van der Waals surface area contributed by atoms with E-state index in [1.54, 1.807) is 55.5 Å². The molecule has 4 heterocycles. The number of methoxy groups -OCH3 is 3. The van der Waals surface area contributed by atoms with Crippen LogP contribution in [0.1, 0.15) is 102 Å². The zero-order valence-corrected chi connectivity index (χ0v) is 69.0. The molecule has 2 aromatic carbocycles. The molecule has 8 unspecified atom stereocenters. The lowest BCUT2D eigenvalue weighted by molar-refractivity contribution is -0.349. The van der Waals surface area contributed by atoms with Crippen LogP contribution in [0.5, 0.6) is 11.5 Å². The van der Waals surface area contributed by atoms with Gasteiger partial charge >= 0.3 is 11.9 Å². The highest BCUT2D eigenvalue weighted by atomic mass is 16.8. The molecule has 0 aliphatic carbocycles. The Morgan fingerprint density at radius 2 is 0.860 bits per heavy atom. The molecule has 4 fully saturated rings. The van der Waals surface area contributed by atoms with Crippen molar-refractivity contribution in [1.29, 1.82) is 0 Å². The van der Waals surface area contributed by atoms with Crippen LogP contribution < -0.4 is 30.7 Å². The van der Waals surface area contributed by atoms with Crippen LogP contribution in [0.3, 0.4) is 0 Å². The fourth-order valence-corrected chi connectivity index (χ4v) is 12.9. The van der Waals surface area contributed by atoms with Crippen molar-refractivity contribution in [1.82, 2.24) is 21.3 Å². The minimum absolute atomic E-state index is 0.0174. The first-order chi connectivity index (χ1) is 58.4. The number of azide groups is 1. The van der Waals surface area contributed by atoms with Crippen molar-refractivity contribution in [3.63, 3.8) is 0 Å². The van der Waals surface area contributed by atoms with E-state index in [9.17, 15) is 79.8 Å². The second-order valence-electron chi connectivity index (χ2n) is 28.6. The third-order valence-corrected chi connectivity index (χ3v) is 19.5. The van der Waals surface area contributed by atoms with Crippen LogP contribution in [0.4, 0.5) is 0 Å². The Morgan fingerprint density at radius 3 is 1.29 bits per heavy atom. The standard InChI is InChI=1S/C83H123N7O31/c1-6-8-9-10-11-12-13-14-15-16-17-18-19-20-21-22-23-24-26-29-62(91)88-56(78(105)108-4)44-52-31-35-54(36-32-52)111-43-41-86-65(94)51-114-77-69(98)61(49-116-81-72(101)70(99)66(95)58(119-81)46-107-3)121-83(75(77)104)117-47-59-67(96)71(100)73(102)82(120-59)115-48-60-68(97)76(74(103)80(109-5)118-60)113-50-64(93)85-40-42-112-55-37-33-53(34-38-55)45-57(79(106)110-7-2)89-63(92)30-27-25-28-39-87-90-84/h8-9,11-12,14-15,17-18,20-21,23-24,31-38,56-61,66-77,80-83,95-104H,6-7,10,13,16,19,22,25-30,39-51H2,1-5H3,(H,85,93)(H,86,94)(H,88,91)(H,89,92)/b9-8-,12-11-,15-14-,18-17-,21-20-,24-23-/t56-,57-,58?,59?,60?,61?,66+,67+,68+,69+,70-,71-,72?,73?,74?,75?,76-,77-,80-,81+,82+,83-/m0/s1. The van der Waals surface area contributed by atoms with Gasteiger partial charge in [0.2, 0.25) is 23.6 Å². The molecule has 4 amide bonds. The van der Waals surface area contributed by atoms with Crippen molar-refractivity contribution in [2.24, 2.45) is 5.11 Å². The number of nitrogens with one attached hydrogen (secondary N) is 4. The largest absolute Gasteiger partial charge is 0.492 e. The number of nitrogens with zero attached hydrogens (tertiary/aromatic N) is 3. The van der Waals surface area contributed by atoms with Gasteiger partial charge in [0.1, 0.15) is 148 Å². The minimum Gasteiger partial charge on any atom is -0.492 e. The van der Waals surface area contributed by atoms with E-state index in [4.69, 9.17) is 76.6 Å². The van der Waals surface area contributed by atoms with Crippen LogP contribution >= 0.6 is 0 Å². The van der Waals surface area contributed by atoms with E-state index in [-0.39, 0.29) is 77.0 Å². The van der Waals surface area contributed by atoms with Gasteiger partial charge in [0.25, 0.3) is 0 Å². The van der Waals surface area contributed by atoms with Gasteiger partial charge in [-0.3, -0.25) is 19.2 Å². The molecule has 0 radical (unpaired) electrons. The Bertz CT molecular complexity index is 3590. The van der Waals surface area contributed by atoms with Crippen LogP contribution in [0.25, 0.3) is 10.4 Å². The van der Waals surface area contributed by atoms with Crippen LogP contribution in [0.2, 0.25) is 0 Å². The maximum Gasteiger partial charge on any atom is 0.328 e. The first-order valence-corrected chi connectivity index (χ1v) is 40.7. The molecule has 0 bridgehead atoms. The van der Waals surface area contributed by atoms with Crippen LogP contribution in [0.15, 0.2) is 127 Å². The first kappa shape index (κ1) is 102. The lowest BCUT2D eigenvalue weighted by Crippen LogP contribution is -2.63. The summed E-state index contributed by atoms with van der Waals surface area (Å²) in [4.78, 5) is 80.1. The molecule has 22 atom stereocenters. The first-order valence-electron chi connectivity index (χ1n) is 40.7. The Hall–Kier alpha value is -8.23. The molecule has 14 N–H and O–H groups in total. The summed E-state index contributed by atoms with van der Waals surface area (Å²) in [5.74, 6) is -2.51. The van der Waals surface area contributed by atoms with Crippen LogP contribution in [0, 0.1) is 0 Å². The Labute approximate surface area is 703 Å². The number of carbonyl (C=O) groups excluding carboxylic acids is 6. The number of hydrogen-bond donors (Lipinski definition) is 14. The molecule has 4 saturated heterocycles. The number of amides is 4. The summed E-state index contributed by atoms with van der Waals surface area (Å²) < 4.78 is 84.3. The molecular formula is C83H123N7O31. The third kappa shape index (κ3) is 35.9. The van der Waals surface area contributed by atoms with E-state index < -0.39 is 192 Å². The van der Waals surface area contributed by atoms with E-state index in [0.717, 1.165) is 32.1 Å². The molecule has 121 heavy (non-hydrogen) atoms. The fourth-order valence-electron chi connectivity index (χ4n) is 12.9. The zero-order chi connectivity index (χ0) is 87.9. The summed E-state index contributed by atoms with van der Waals surface area (Å²) in [5, 5.41) is 125. The summed E-state index contributed by atoms with van der Waals surface area (Å²) in [6.45, 7) is 0.127. The molecule has 6 rings (SSSR count). The lowest BCUT2D eigenvalue weighted by Gasteiger charge is -2.45. The minimum atomic E-state index is -2.01. The van der Waals surface area contributed by atoms with E-state index >= 15 is 0 Å². The second-order valence-corrected chi connectivity index (χ2v) is 28.6. The van der Waals surface area contributed by atoms with Crippen molar-refractivity contribution in [2.75, 3.05) is 100 Å². The van der Waals surface area contributed by atoms with Gasteiger partial charge in [0.15, 0.2) is 25.2 Å². The quantitative estimate of drug-likeness (QED) is 0.0110. The summed E-state index contributed by atoms with van der Waals surface area (Å²) >= 11 is 0. The number of rotatable bonds is 55. The molecule has 4 aliphatic heterocycles. The van der Waals surface area contributed by atoms with Crippen molar-refractivity contribution < 1.29 is 151 Å². The summed E-state index contributed by atoms with van der Waals surface area (Å²) in [5.41, 5.74) is 9.81. The number of carbonyl (C=O) groups is 6. The van der Waals surface area contributed by atoms with Crippen molar-refractivity contribution in [3.8, 4) is 11.5 Å². The number of aliphatic hydroxyl groups is 10. The predicted molar refractivity (Wildman–Crippen MR) is 431 cm³/mol. The highest BCUT2D eigenvalue weighted by Gasteiger charge is 2.52. The predicted octanol–water partition coefficient (Wildman–Crippen LogP) is 1.14. The van der Waals surface area contributed by atoms with Crippen molar-refractivity contribution >= 4 is 35.6 Å². The smallest absolute Gasteiger partial charge is 0.328 e. The molecule has 676 valence electrons. The number of esters is 2. The van der Waals surface area contributed by atoms with Crippen LogP contribution in [-0.2, 0) is 103 Å². The van der Waals surface area contributed by atoms with Gasteiger partial charge < -0.3 is 143 Å². The van der Waals surface area contributed by atoms with E-state index in [2.05, 4.69) is 99.0 Å². The van der Waals surface area contributed by atoms with Crippen molar-refractivity contribution in [2.45, 2.75) is 239 Å². The SMILES string of the molecule is CC/C=C\C/C=C\C/C=C\C/C=C\C/C=C\C/C=C\CCC(=O)N[C@@H](Cc1ccc(OCCNC(=O)CO[C@@H]2C(O)[C@@H](OCC3O[C@@H](OCC4O[C@H](OC)C(O)[C@@H](OCC(=O)NCCOc5ccc(C[C@H](NC(=O)CCCCCN=[N+]=[N-])C(=O)OCC)cc5)[C@@H]4O)C(O)[C@@H](O)[C@@H]3O)OC(CO[C@@H]3OC(COC)[C@@H](O)[C@H](O)C3O)[C@H]2O)cc1)C(=O)OC. The zero-order valence-electron chi connectivity index (χ0n) is 69.0. The average Bonchev–Trinajstić information content (AvgIpc) is 0.797. The Balaban J connectivity index is 0.961. The number of benzene rings is 2.